The van der Waals surface area contributed by atoms with Crippen LogP contribution in [-0.2, 0) is 13.0 Å². The molecule has 0 unspecified atom stereocenters. The number of nitrogens with zero attached hydrogens (tertiary/aromatic N) is 1. The molecule has 0 saturated heterocycles. The molecule has 5 nitrogen and oxygen atoms in total. The summed E-state index contributed by atoms with van der Waals surface area (Å²) in [6.45, 7) is 0.600. The smallest absolute Gasteiger partial charge is 0.253 e. The van der Waals surface area contributed by atoms with Crippen LogP contribution in [0.4, 0.5) is 0 Å². The molecule has 0 radical (unpaired) electrons. The van der Waals surface area contributed by atoms with Crippen LogP contribution in [0.15, 0.2) is 48.9 Å². The van der Waals surface area contributed by atoms with E-state index in [4.69, 9.17) is 5.11 Å². The highest BCUT2D eigenvalue weighted by atomic mass is 16.3. The number of aliphatic hydroxyl groups is 1. The number of fused-ring (bicyclic) bond motifs is 1. The maximum Gasteiger partial charge on any atom is 0.253 e. The van der Waals surface area contributed by atoms with Crippen molar-refractivity contribution < 1.29 is 9.90 Å². The first-order valence-electron chi connectivity index (χ1n) is 7.16. The van der Waals surface area contributed by atoms with Gasteiger partial charge in [0.25, 0.3) is 5.91 Å². The lowest BCUT2D eigenvalue weighted by molar-refractivity contribution is 0.0955. The van der Waals surface area contributed by atoms with Crippen molar-refractivity contribution in [1.29, 1.82) is 0 Å². The standard InChI is InChI=1S/C17H17N3O2/c21-11-13-3-1-12(2-4-13)5-7-20-17(22)15-9-18-10-16-14(15)6-8-19-16/h1-4,6,8-10,19,21H,5,7,11H2,(H,20,22). The van der Waals surface area contributed by atoms with E-state index in [9.17, 15) is 4.79 Å². The van der Waals surface area contributed by atoms with E-state index in [1.807, 2.05) is 30.3 Å². The Morgan fingerprint density at radius 2 is 1.91 bits per heavy atom. The summed E-state index contributed by atoms with van der Waals surface area (Å²) in [6.07, 6.45) is 5.83. The van der Waals surface area contributed by atoms with Crippen LogP contribution < -0.4 is 5.32 Å². The minimum atomic E-state index is -0.121. The van der Waals surface area contributed by atoms with Crippen LogP contribution in [0.5, 0.6) is 0 Å². The molecule has 3 rings (SSSR count). The molecule has 0 aliphatic rings. The largest absolute Gasteiger partial charge is 0.392 e. The fourth-order valence-electron chi connectivity index (χ4n) is 2.39. The van der Waals surface area contributed by atoms with Gasteiger partial charge in [0.2, 0.25) is 0 Å². The monoisotopic (exact) mass is 295 g/mol. The third kappa shape index (κ3) is 2.99. The van der Waals surface area contributed by atoms with Gasteiger partial charge in [-0.15, -0.1) is 0 Å². The predicted molar refractivity (Wildman–Crippen MR) is 84.5 cm³/mol. The van der Waals surface area contributed by atoms with Crippen molar-refractivity contribution in [2.24, 2.45) is 0 Å². The Balaban J connectivity index is 1.61. The van der Waals surface area contributed by atoms with Gasteiger partial charge in [0.15, 0.2) is 0 Å². The summed E-state index contributed by atoms with van der Waals surface area (Å²) in [5.74, 6) is -0.121. The molecule has 5 heteroatoms. The molecule has 2 heterocycles. The fraction of sp³-hybridized carbons (Fsp3) is 0.176. The summed E-state index contributed by atoms with van der Waals surface area (Å²) >= 11 is 0. The van der Waals surface area contributed by atoms with Crippen molar-refractivity contribution in [3.05, 3.63) is 65.6 Å². The van der Waals surface area contributed by atoms with E-state index in [-0.39, 0.29) is 12.5 Å². The van der Waals surface area contributed by atoms with Gasteiger partial charge in [0.05, 0.1) is 23.9 Å². The number of H-pyrrole nitrogens is 1. The van der Waals surface area contributed by atoms with E-state index in [0.717, 1.165) is 28.5 Å². The van der Waals surface area contributed by atoms with Crippen molar-refractivity contribution >= 4 is 16.8 Å². The van der Waals surface area contributed by atoms with Gasteiger partial charge in [0, 0.05) is 24.3 Å². The molecular weight excluding hydrogens is 278 g/mol. The zero-order valence-corrected chi connectivity index (χ0v) is 12.0. The predicted octanol–water partition coefficient (Wildman–Crippen LogP) is 2.03. The molecule has 112 valence electrons. The summed E-state index contributed by atoms with van der Waals surface area (Å²) in [5, 5.41) is 12.8. The zero-order valence-electron chi connectivity index (χ0n) is 12.0. The number of benzene rings is 1. The average Bonchev–Trinajstić information content (AvgIpc) is 3.04. The second-order valence-corrected chi connectivity index (χ2v) is 5.11. The Hall–Kier alpha value is -2.66. The van der Waals surface area contributed by atoms with Gasteiger partial charge >= 0.3 is 0 Å². The molecule has 1 aromatic carbocycles. The number of carbonyl (C=O) groups is 1. The normalized spacial score (nSPS) is 10.8. The Labute approximate surface area is 128 Å². The summed E-state index contributed by atoms with van der Waals surface area (Å²) in [4.78, 5) is 19.4. The Morgan fingerprint density at radius 1 is 1.14 bits per heavy atom. The lowest BCUT2D eigenvalue weighted by atomic mass is 10.1. The number of hydrogen-bond acceptors (Lipinski definition) is 3. The summed E-state index contributed by atoms with van der Waals surface area (Å²) in [5.41, 5.74) is 3.44. The van der Waals surface area contributed by atoms with E-state index in [0.29, 0.717) is 12.1 Å². The first-order valence-corrected chi connectivity index (χ1v) is 7.16. The number of aromatic nitrogens is 2. The topological polar surface area (TPSA) is 78.0 Å². The molecule has 22 heavy (non-hydrogen) atoms. The van der Waals surface area contributed by atoms with Crippen molar-refractivity contribution in [3.63, 3.8) is 0 Å². The number of pyridine rings is 1. The minimum absolute atomic E-state index is 0.0463. The molecule has 0 aliphatic carbocycles. The highest BCUT2D eigenvalue weighted by molar-refractivity contribution is 6.05. The van der Waals surface area contributed by atoms with Crippen LogP contribution in [0.3, 0.4) is 0 Å². The lowest BCUT2D eigenvalue weighted by Crippen LogP contribution is -2.26. The van der Waals surface area contributed by atoms with E-state index < -0.39 is 0 Å². The van der Waals surface area contributed by atoms with E-state index in [1.54, 1.807) is 18.6 Å². The Morgan fingerprint density at radius 3 is 2.68 bits per heavy atom. The molecule has 2 aromatic heterocycles. The first-order chi connectivity index (χ1) is 10.8. The highest BCUT2D eigenvalue weighted by Gasteiger charge is 2.10. The molecule has 0 fully saturated rings. The van der Waals surface area contributed by atoms with Crippen molar-refractivity contribution in [2.75, 3.05) is 6.54 Å². The number of hydrogen-bond donors (Lipinski definition) is 3. The molecule has 0 spiro atoms. The maximum absolute atomic E-state index is 12.2. The van der Waals surface area contributed by atoms with Crippen LogP contribution in [0.1, 0.15) is 21.5 Å². The van der Waals surface area contributed by atoms with Crippen molar-refractivity contribution in [1.82, 2.24) is 15.3 Å². The summed E-state index contributed by atoms with van der Waals surface area (Å²) in [7, 11) is 0. The van der Waals surface area contributed by atoms with Crippen LogP contribution in [0.25, 0.3) is 10.9 Å². The number of carbonyl (C=O) groups excluding carboxylic acids is 1. The Bertz CT molecular complexity index is 778. The van der Waals surface area contributed by atoms with Gasteiger partial charge in [-0.3, -0.25) is 9.78 Å². The molecule has 3 N–H and O–H groups in total. The molecular formula is C17H17N3O2. The Kier molecular flexibility index (Phi) is 4.16. The molecule has 0 aliphatic heterocycles. The van der Waals surface area contributed by atoms with Gasteiger partial charge in [0.1, 0.15) is 0 Å². The van der Waals surface area contributed by atoms with Crippen molar-refractivity contribution in [3.8, 4) is 0 Å². The minimum Gasteiger partial charge on any atom is -0.392 e. The quantitative estimate of drug-likeness (QED) is 0.674. The van der Waals surface area contributed by atoms with E-state index in [2.05, 4.69) is 15.3 Å². The number of rotatable bonds is 5. The first kappa shape index (κ1) is 14.3. The van der Waals surface area contributed by atoms with Crippen LogP contribution in [0, 0.1) is 0 Å². The number of aliphatic hydroxyl groups excluding tert-OH is 1. The zero-order chi connectivity index (χ0) is 15.4. The number of aromatic amines is 1. The van der Waals surface area contributed by atoms with E-state index in [1.165, 1.54) is 0 Å². The van der Waals surface area contributed by atoms with Crippen LogP contribution in [-0.4, -0.2) is 27.5 Å². The second kappa shape index (κ2) is 6.41. The van der Waals surface area contributed by atoms with Crippen LogP contribution in [0.2, 0.25) is 0 Å². The van der Waals surface area contributed by atoms with Gasteiger partial charge in [-0.1, -0.05) is 24.3 Å². The molecule has 0 atom stereocenters. The molecule has 0 saturated carbocycles. The van der Waals surface area contributed by atoms with Crippen molar-refractivity contribution in [2.45, 2.75) is 13.0 Å². The molecule has 1 amide bonds. The van der Waals surface area contributed by atoms with Gasteiger partial charge < -0.3 is 15.4 Å². The lowest BCUT2D eigenvalue weighted by Gasteiger charge is -2.06. The SMILES string of the molecule is O=C(NCCc1ccc(CO)cc1)c1cncc2[nH]ccc12. The van der Waals surface area contributed by atoms with Crippen LogP contribution >= 0.6 is 0 Å². The third-order valence-corrected chi connectivity index (χ3v) is 3.63. The van der Waals surface area contributed by atoms with Gasteiger partial charge in [-0.2, -0.15) is 0 Å². The number of nitrogens with one attached hydrogen (secondary N) is 2. The number of amides is 1. The third-order valence-electron chi connectivity index (χ3n) is 3.63. The average molecular weight is 295 g/mol. The fourth-order valence-corrected chi connectivity index (χ4v) is 2.39. The van der Waals surface area contributed by atoms with E-state index >= 15 is 0 Å². The second-order valence-electron chi connectivity index (χ2n) is 5.11. The maximum atomic E-state index is 12.2. The summed E-state index contributed by atoms with van der Waals surface area (Å²) < 4.78 is 0. The van der Waals surface area contributed by atoms with Gasteiger partial charge in [-0.05, 0) is 23.6 Å². The molecule has 3 aromatic rings. The van der Waals surface area contributed by atoms with Gasteiger partial charge in [-0.25, -0.2) is 0 Å². The highest BCUT2D eigenvalue weighted by Crippen LogP contribution is 2.15. The molecule has 0 bridgehead atoms. The summed E-state index contributed by atoms with van der Waals surface area (Å²) in [6, 6.07) is 9.58.